The van der Waals surface area contributed by atoms with E-state index in [1.807, 2.05) is 17.0 Å². The summed E-state index contributed by atoms with van der Waals surface area (Å²) in [5.41, 5.74) is 8.24. The van der Waals surface area contributed by atoms with Crippen LogP contribution in [0.4, 0.5) is 0 Å². The van der Waals surface area contributed by atoms with Gasteiger partial charge in [0.05, 0.1) is 19.1 Å². The van der Waals surface area contributed by atoms with Crippen molar-refractivity contribution in [2.24, 2.45) is 5.73 Å². The zero-order valence-electron chi connectivity index (χ0n) is 11.8. The largest absolute Gasteiger partial charge is 0.373 e. The number of fused-ring (bicyclic) bond motifs is 1. The summed E-state index contributed by atoms with van der Waals surface area (Å²) in [5.74, 6) is 0.180. The number of hydrogen-bond donors (Lipinski definition) is 1. The van der Waals surface area contributed by atoms with Crippen LogP contribution in [0.1, 0.15) is 36.5 Å². The molecule has 2 N–H and O–H groups in total. The van der Waals surface area contributed by atoms with Crippen LogP contribution in [0, 0.1) is 0 Å². The summed E-state index contributed by atoms with van der Waals surface area (Å²) in [7, 11) is 0. The maximum absolute atomic E-state index is 12.5. The second kappa shape index (κ2) is 5.94. The topological polar surface area (TPSA) is 55.6 Å². The highest BCUT2D eigenvalue weighted by atomic mass is 16.5. The molecule has 2 unspecified atom stereocenters. The minimum Gasteiger partial charge on any atom is -0.373 e. The molecule has 1 aromatic carbocycles. The standard InChI is InChI=1S/C16H22N2O2/c17-11-13-5-3-8-18(13)16(19)10-15-14-6-2-1-4-12(14)7-9-20-15/h1-2,4,6,13,15H,3,5,7-11,17H2. The van der Waals surface area contributed by atoms with E-state index in [2.05, 4.69) is 12.1 Å². The number of benzene rings is 1. The SMILES string of the molecule is NCC1CCCN1C(=O)CC1OCCc2ccccc21. The third kappa shape index (κ3) is 2.58. The first-order valence-electron chi connectivity index (χ1n) is 7.48. The fourth-order valence-corrected chi connectivity index (χ4v) is 3.33. The highest BCUT2D eigenvalue weighted by Crippen LogP contribution is 2.31. The molecule has 0 bridgehead atoms. The molecule has 2 aliphatic heterocycles. The van der Waals surface area contributed by atoms with E-state index in [4.69, 9.17) is 10.5 Å². The maximum Gasteiger partial charge on any atom is 0.225 e. The molecule has 1 amide bonds. The van der Waals surface area contributed by atoms with Gasteiger partial charge in [0, 0.05) is 19.1 Å². The van der Waals surface area contributed by atoms with E-state index in [0.717, 1.165) is 25.8 Å². The molecule has 2 atom stereocenters. The van der Waals surface area contributed by atoms with E-state index in [9.17, 15) is 4.79 Å². The predicted molar refractivity (Wildman–Crippen MR) is 77.2 cm³/mol. The summed E-state index contributed by atoms with van der Waals surface area (Å²) >= 11 is 0. The van der Waals surface area contributed by atoms with Crippen LogP contribution < -0.4 is 5.73 Å². The van der Waals surface area contributed by atoms with Gasteiger partial charge in [0.1, 0.15) is 0 Å². The molecule has 4 heteroatoms. The molecule has 2 aliphatic rings. The van der Waals surface area contributed by atoms with Crippen molar-refractivity contribution in [3.63, 3.8) is 0 Å². The molecule has 108 valence electrons. The smallest absolute Gasteiger partial charge is 0.225 e. The molecule has 1 aromatic rings. The number of carbonyl (C=O) groups is 1. The Kier molecular flexibility index (Phi) is 4.03. The number of nitrogens with zero attached hydrogens (tertiary/aromatic N) is 1. The zero-order valence-corrected chi connectivity index (χ0v) is 11.8. The summed E-state index contributed by atoms with van der Waals surface area (Å²) in [4.78, 5) is 14.4. The molecule has 1 saturated heterocycles. The first kappa shape index (κ1) is 13.6. The fourth-order valence-electron chi connectivity index (χ4n) is 3.33. The molecule has 0 radical (unpaired) electrons. The van der Waals surface area contributed by atoms with Crippen molar-refractivity contribution in [3.05, 3.63) is 35.4 Å². The van der Waals surface area contributed by atoms with Crippen LogP contribution in [0.5, 0.6) is 0 Å². The summed E-state index contributed by atoms with van der Waals surface area (Å²) < 4.78 is 5.82. The summed E-state index contributed by atoms with van der Waals surface area (Å²) in [6.45, 7) is 2.11. The van der Waals surface area contributed by atoms with Gasteiger partial charge >= 0.3 is 0 Å². The van der Waals surface area contributed by atoms with Gasteiger partial charge in [-0.15, -0.1) is 0 Å². The molecule has 2 heterocycles. The lowest BCUT2D eigenvalue weighted by Gasteiger charge is -2.29. The number of ether oxygens (including phenoxy) is 1. The molecule has 20 heavy (non-hydrogen) atoms. The first-order chi connectivity index (χ1) is 9.79. The lowest BCUT2D eigenvalue weighted by Crippen LogP contribution is -2.40. The normalized spacial score (nSPS) is 25.6. The summed E-state index contributed by atoms with van der Waals surface area (Å²) in [6.07, 6.45) is 3.38. The number of rotatable bonds is 3. The van der Waals surface area contributed by atoms with Crippen molar-refractivity contribution >= 4 is 5.91 Å². The van der Waals surface area contributed by atoms with Gasteiger partial charge in [0.2, 0.25) is 5.91 Å². The van der Waals surface area contributed by atoms with Gasteiger partial charge < -0.3 is 15.4 Å². The minimum absolute atomic E-state index is 0.0912. The van der Waals surface area contributed by atoms with Crippen molar-refractivity contribution in [1.29, 1.82) is 0 Å². The van der Waals surface area contributed by atoms with E-state index in [-0.39, 0.29) is 18.1 Å². The van der Waals surface area contributed by atoms with E-state index in [0.29, 0.717) is 19.6 Å². The van der Waals surface area contributed by atoms with Crippen LogP contribution in [0.3, 0.4) is 0 Å². The molecule has 3 rings (SSSR count). The Balaban J connectivity index is 1.71. The van der Waals surface area contributed by atoms with Crippen molar-refractivity contribution < 1.29 is 9.53 Å². The second-order valence-electron chi connectivity index (χ2n) is 5.63. The Bertz CT molecular complexity index is 489. The Hall–Kier alpha value is -1.39. The molecule has 0 spiro atoms. The molecule has 0 aromatic heterocycles. The van der Waals surface area contributed by atoms with E-state index < -0.39 is 0 Å². The quantitative estimate of drug-likeness (QED) is 0.911. The zero-order chi connectivity index (χ0) is 13.9. The summed E-state index contributed by atoms with van der Waals surface area (Å²) in [6, 6.07) is 8.50. The average Bonchev–Trinajstić information content (AvgIpc) is 2.96. The predicted octanol–water partition coefficient (Wildman–Crippen LogP) is 1.64. The summed E-state index contributed by atoms with van der Waals surface area (Å²) in [5, 5.41) is 0. The monoisotopic (exact) mass is 274 g/mol. The van der Waals surface area contributed by atoms with Crippen molar-refractivity contribution in [3.8, 4) is 0 Å². The Morgan fingerprint density at radius 1 is 1.40 bits per heavy atom. The van der Waals surface area contributed by atoms with Crippen molar-refractivity contribution in [2.75, 3.05) is 19.7 Å². The van der Waals surface area contributed by atoms with Gasteiger partial charge in [-0.2, -0.15) is 0 Å². The van der Waals surface area contributed by atoms with Crippen LogP contribution in [0.25, 0.3) is 0 Å². The minimum atomic E-state index is -0.0912. The lowest BCUT2D eigenvalue weighted by molar-refractivity contribution is -0.135. The van der Waals surface area contributed by atoms with Gasteiger partial charge in [-0.25, -0.2) is 0 Å². The Morgan fingerprint density at radius 2 is 2.25 bits per heavy atom. The van der Waals surface area contributed by atoms with Crippen LogP contribution in [-0.2, 0) is 16.0 Å². The molecule has 0 aliphatic carbocycles. The van der Waals surface area contributed by atoms with Crippen LogP contribution in [0.2, 0.25) is 0 Å². The average molecular weight is 274 g/mol. The third-order valence-electron chi connectivity index (χ3n) is 4.42. The number of amides is 1. The number of likely N-dealkylation sites (tertiary alicyclic amines) is 1. The van der Waals surface area contributed by atoms with Gasteiger partial charge in [0.25, 0.3) is 0 Å². The Morgan fingerprint density at radius 3 is 3.10 bits per heavy atom. The van der Waals surface area contributed by atoms with Crippen molar-refractivity contribution in [1.82, 2.24) is 4.90 Å². The van der Waals surface area contributed by atoms with Crippen molar-refractivity contribution in [2.45, 2.75) is 37.8 Å². The van der Waals surface area contributed by atoms with Gasteiger partial charge in [-0.3, -0.25) is 4.79 Å². The van der Waals surface area contributed by atoms with Gasteiger partial charge in [-0.1, -0.05) is 24.3 Å². The van der Waals surface area contributed by atoms with E-state index in [1.54, 1.807) is 0 Å². The fraction of sp³-hybridized carbons (Fsp3) is 0.562. The molecular weight excluding hydrogens is 252 g/mol. The molecule has 4 nitrogen and oxygen atoms in total. The van der Waals surface area contributed by atoms with Crippen LogP contribution in [0.15, 0.2) is 24.3 Å². The Labute approximate surface area is 119 Å². The number of nitrogens with two attached hydrogens (primary N) is 1. The van der Waals surface area contributed by atoms with Crippen LogP contribution in [-0.4, -0.2) is 36.5 Å². The highest BCUT2D eigenvalue weighted by molar-refractivity contribution is 5.77. The van der Waals surface area contributed by atoms with Crippen LogP contribution >= 0.6 is 0 Å². The van der Waals surface area contributed by atoms with Gasteiger partial charge in [0.15, 0.2) is 0 Å². The first-order valence-corrected chi connectivity index (χ1v) is 7.48. The highest BCUT2D eigenvalue weighted by Gasteiger charge is 2.31. The van der Waals surface area contributed by atoms with E-state index >= 15 is 0 Å². The van der Waals surface area contributed by atoms with Gasteiger partial charge in [-0.05, 0) is 30.4 Å². The maximum atomic E-state index is 12.5. The third-order valence-corrected chi connectivity index (χ3v) is 4.42. The number of hydrogen-bond acceptors (Lipinski definition) is 3. The molecule has 1 fully saturated rings. The molecular formula is C16H22N2O2. The number of carbonyl (C=O) groups excluding carboxylic acids is 1. The second-order valence-corrected chi connectivity index (χ2v) is 5.63. The van der Waals surface area contributed by atoms with E-state index in [1.165, 1.54) is 11.1 Å². The lowest BCUT2D eigenvalue weighted by atomic mass is 9.95. The molecule has 0 saturated carbocycles.